The Morgan fingerprint density at radius 2 is 1.64 bits per heavy atom. The first-order chi connectivity index (χ1) is 13.6. The SMILES string of the molecule is O=C(CN1CCN(C(=O)COc2ccc(Cl)cc2)CC1)NCc1ccccc1. The zero-order valence-corrected chi connectivity index (χ0v) is 16.4. The van der Waals surface area contributed by atoms with E-state index in [1.54, 1.807) is 29.2 Å². The van der Waals surface area contributed by atoms with E-state index in [2.05, 4.69) is 10.2 Å². The molecule has 7 heteroatoms. The normalized spacial score (nSPS) is 14.5. The summed E-state index contributed by atoms with van der Waals surface area (Å²) < 4.78 is 5.51. The molecule has 1 N–H and O–H groups in total. The molecule has 3 rings (SSSR count). The lowest BCUT2D eigenvalue weighted by Gasteiger charge is -2.34. The van der Waals surface area contributed by atoms with Crippen LogP contribution < -0.4 is 10.1 Å². The molecular weight excluding hydrogens is 378 g/mol. The van der Waals surface area contributed by atoms with Crippen LogP contribution in [0.2, 0.25) is 5.02 Å². The standard InChI is InChI=1S/C21H24ClN3O3/c22-18-6-8-19(9-7-18)28-16-21(27)25-12-10-24(11-13-25)15-20(26)23-14-17-4-2-1-3-5-17/h1-9H,10-16H2,(H,23,26). The Kier molecular flexibility index (Phi) is 7.28. The van der Waals surface area contributed by atoms with Crippen LogP contribution in [0.1, 0.15) is 5.56 Å². The molecule has 1 heterocycles. The molecule has 0 radical (unpaired) electrons. The summed E-state index contributed by atoms with van der Waals surface area (Å²) in [5.74, 6) is 0.560. The number of benzene rings is 2. The molecule has 148 valence electrons. The highest BCUT2D eigenvalue weighted by Crippen LogP contribution is 2.15. The third-order valence-electron chi connectivity index (χ3n) is 4.60. The van der Waals surface area contributed by atoms with Crippen molar-refractivity contribution in [2.75, 3.05) is 39.3 Å². The predicted molar refractivity (Wildman–Crippen MR) is 108 cm³/mol. The van der Waals surface area contributed by atoms with E-state index in [1.807, 2.05) is 30.3 Å². The first-order valence-corrected chi connectivity index (χ1v) is 9.67. The maximum Gasteiger partial charge on any atom is 0.260 e. The Bertz CT molecular complexity index is 775. The Morgan fingerprint density at radius 3 is 2.32 bits per heavy atom. The molecule has 2 amide bonds. The van der Waals surface area contributed by atoms with Crippen LogP contribution in [0.5, 0.6) is 5.75 Å². The monoisotopic (exact) mass is 401 g/mol. The van der Waals surface area contributed by atoms with Crippen LogP contribution in [0.3, 0.4) is 0 Å². The van der Waals surface area contributed by atoms with E-state index in [0.29, 0.717) is 50.0 Å². The maximum absolute atomic E-state index is 12.3. The minimum atomic E-state index is -0.0527. The molecule has 0 bridgehead atoms. The summed E-state index contributed by atoms with van der Waals surface area (Å²) in [6.45, 7) is 3.40. The van der Waals surface area contributed by atoms with Crippen LogP contribution >= 0.6 is 11.6 Å². The molecule has 1 fully saturated rings. The van der Waals surface area contributed by atoms with Gasteiger partial charge in [0.1, 0.15) is 5.75 Å². The van der Waals surface area contributed by atoms with Crippen LogP contribution in [0, 0.1) is 0 Å². The third-order valence-corrected chi connectivity index (χ3v) is 4.85. The largest absolute Gasteiger partial charge is 0.484 e. The molecule has 1 aliphatic heterocycles. The van der Waals surface area contributed by atoms with Crippen molar-refractivity contribution >= 4 is 23.4 Å². The molecule has 6 nitrogen and oxygen atoms in total. The quantitative estimate of drug-likeness (QED) is 0.772. The predicted octanol–water partition coefficient (Wildman–Crippen LogP) is 2.18. The number of amides is 2. The fraction of sp³-hybridized carbons (Fsp3) is 0.333. The first-order valence-electron chi connectivity index (χ1n) is 9.29. The van der Waals surface area contributed by atoms with Crippen molar-refractivity contribution in [1.29, 1.82) is 0 Å². The molecule has 0 atom stereocenters. The smallest absolute Gasteiger partial charge is 0.260 e. The minimum absolute atomic E-state index is 0.000799. The Labute approximate surface area is 170 Å². The van der Waals surface area contributed by atoms with E-state index in [0.717, 1.165) is 5.56 Å². The van der Waals surface area contributed by atoms with Gasteiger partial charge in [0.05, 0.1) is 6.54 Å². The van der Waals surface area contributed by atoms with Crippen molar-refractivity contribution in [2.24, 2.45) is 0 Å². The molecule has 28 heavy (non-hydrogen) atoms. The highest BCUT2D eigenvalue weighted by atomic mass is 35.5. The van der Waals surface area contributed by atoms with Crippen molar-refractivity contribution < 1.29 is 14.3 Å². The van der Waals surface area contributed by atoms with E-state index in [-0.39, 0.29) is 18.4 Å². The van der Waals surface area contributed by atoms with E-state index in [9.17, 15) is 9.59 Å². The van der Waals surface area contributed by atoms with Gasteiger partial charge in [0.25, 0.3) is 5.91 Å². The van der Waals surface area contributed by atoms with Gasteiger partial charge in [0.2, 0.25) is 5.91 Å². The van der Waals surface area contributed by atoms with Gasteiger partial charge in [0, 0.05) is 37.7 Å². The highest BCUT2D eigenvalue weighted by Gasteiger charge is 2.22. The van der Waals surface area contributed by atoms with Gasteiger partial charge in [0.15, 0.2) is 6.61 Å². The van der Waals surface area contributed by atoms with Gasteiger partial charge in [-0.2, -0.15) is 0 Å². The Morgan fingerprint density at radius 1 is 0.964 bits per heavy atom. The summed E-state index contributed by atoms with van der Waals surface area (Å²) in [5, 5.41) is 3.56. The zero-order chi connectivity index (χ0) is 19.8. The van der Waals surface area contributed by atoms with Gasteiger partial charge in [-0.1, -0.05) is 41.9 Å². The van der Waals surface area contributed by atoms with Crippen molar-refractivity contribution in [2.45, 2.75) is 6.54 Å². The summed E-state index contributed by atoms with van der Waals surface area (Å²) in [4.78, 5) is 28.3. The van der Waals surface area contributed by atoms with E-state index < -0.39 is 0 Å². The average molecular weight is 402 g/mol. The average Bonchev–Trinajstić information content (AvgIpc) is 2.73. The van der Waals surface area contributed by atoms with Gasteiger partial charge < -0.3 is 15.0 Å². The highest BCUT2D eigenvalue weighted by molar-refractivity contribution is 6.30. The lowest BCUT2D eigenvalue weighted by Crippen LogP contribution is -2.52. The molecule has 0 aromatic heterocycles. The topological polar surface area (TPSA) is 61.9 Å². The molecular formula is C21H24ClN3O3. The number of rotatable bonds is 7. The van der Waals surface area contributed by atoms with Crippen LogP contribution in [0.15, 0.2) is 54.6 Å². The Hall–Kier alpha value is -2.57. The summed E-state index contributed by atoms with van der Waals surface area (Å²) in [7, 11) is 0. The summed E-state index contributed by atoms with van der Waals surface area (Å²) in [6, 6.07) is 16.7. The van der Waals surface area contributed by atoms with Crippen molar-refractivity contribution in [1.82, 2.24) is 15.1 Å². The Balaban J connectivity index is 1.34. The van der Waals surface area contributed by atoms with Crippen LogP contribution in [-0.2, 0) is 16.1 Å². The number of halogens is 1. The fourth-order valence-corrected chi connectivity index (χ4v) is 3.10. The van der Waals surface area contributed by atoms with E-state index in [4.69, 9.17) is 16.3 Å². The number of ether oxygens (including phenoxy) is 1. The third kappa shape index (κ3) is 6.25. The molecule has 0 unspecified atom stereocenters. The minimum Gasteiger partial charge on any atom is -0.484 e. The van der Waals surface area contributed by atoms with Crippen LogP contribution in [0.25, 0.3) is 0 Å². The molecule has 2 aromatic carbocycles. The molecule has 0 saturated carbocycles. The van der Waals surface area contributed by atoms with E-state index in [1.165, 1.54) is 0 Å². The molecule has 0 spiro atoms. The molecule has 1 aliphatic rings. The second-order valence-corrected chi connectivity index (χ2v) is 7.10. The number of hydrogen-bond donors (Lipinski definition) is 1. The van der Waals surface area contributed by atoms with Crippen LogP contribution in [-0.4, -0.2) is 60.9 Å². The second-order valence-electron chi connectivity index (χ2n) is 6.66. The molecule has 1 saturated heterocycles. The van der Waals surface area contributed by atoms with Crippen molar-refractivity contribution in [3.8, 4) is 5.75 Å². The number of nitrogens with zero attached hydrogens (tertiary/aromatic N) is 2. The lowest BCUT2D eigenvalue weighted by atomic mass is 10.2. The van der Waals surface area contributed by atoms with Crippen LogP contribution in [0.4, 0.5) is 0 Å². The molecule has 2 aromatic rings. The summed E-state index contributed by atoms with van der Waals surface area (Å²) in [6.07, 6.45) is 0. The van der Waals surface area contributed by atoms with Crippen molar-refractivity contribution in [3.63, 3.8) is 0 Å². The van der Waals surface area contributed by atoms with Gasteiger partial charge in [-0.3, -0.25) is 14.5 Å². The number of piperazine rings is 1. The zero-order valence-electron chi connectivity index (χ0n) is 15.6. The van der Waals surface area contributed by atoms with Crippen molar-refractivity contribution in [3.05, 3.63) is 65.2 Å². The van der Waals surface area contributed by atoms with Gasteiger partial charge in [-0.15, -0.1) is 0 Å². The number of carbonyl (C=O) groups excluding carboxylic acids is 2. The fourth-order valence-electron chi connectivity index (χ4n) is 2.98. The molecule has 0 aliphatic carbocycles. The second kappa shape index (κ2) is 10.1. The number of hydrogen-bond acceptors (Lipinski definition) is 4. The number of nitrogens with one attached hydrogen (secondary N) is 1. The maximum atomic E-state index is 12.3. The van der Waals surface area contributed by atoms with E-state index >= 15 is 0 Å². The first kappa shape index (κ1) is 20.2. The lowest BCUT2D eigenvalue weighted by molar-refractivity contribution is -0.135. The van der Waals surface area contributed by atoms with Gasteiger partial charge >= 0.3 is 0 Å². The number of carbonyl (C=O) groups is 2. The summed E-state index contributed by atoms with van der Waals surface area (Å²) in [5.41, 5.74) is 1.08. The summed E-state index contributed by atoms with van der Waals surface area (Å²) >= 11 is 5.83. The van der Waals surface area contributed by atoms with Gasteiger partial charge in [-0.05, 0) is 29.8 Å². The van der Waals surface area contributed by atoms with Gasteiger partial charge in [-0.25, -0.2) is 0 Å².